The topological polar surface area (TPSA) is 49.4 Å². The highest BCUT2D eigenvalue weighted by molar-refractivity contribution is 9.10. The van der Waals surface area contributed by atoms with Crippen LogP contribution in [0.15, 0.2) is 59.1 Å². The van der Waals surface area contributed by atoms with Crippen LogP contribution in [-0.2, 0) is 9.59 Å². The molecular weight excluding hydrogens is 356 g/mol. The smallest absolute Gasteiger partial charge is 0.230 e. The number of hydrogen-bond donors (Lipinski definition) is 1. The number of carbonyl (C=O) groups is 2. The molecule has 0 aliphatic carbocycles. The molecule has 0 radical (unpaired) electrons. The SMILES string of the molecule is CN1C(=O)C[C@@H](C(=O)Nc2ccccc2Br)[C@@H]1c1ccccc1. The molecule has 118 valence electrons. The van der Waals surface area contributed by atoms with Crippen molar-refractivity contribution in [2.45, 2.75) is 12.5 Å². The van der Waals surface area contributed by atoms with Crippen molar-refractivity contribution in [2.24, 2.45) is 5.92 Å². The first-order chi connectivity index (χ1) is 11.1. The van der Waals surface area contributed by atoms with E-state index in [1.54, 1.807) is 11.9 Å². The summed E-state index contributed by atoms with van der Waals surface area (Å²) in [7, 11) is 1.76. The highest BCUT2D eigenvalue weighted by atomic mass is 79.9. The number of nitrogens with one attached hydrogen (secondary N) is 1. The predicted octanol–water partition coefficient (Wildman–Crippen LogP) is 3.61. The predicted molar refractivity (Wildman–Crippen MR) is 92.8 cm³/mol. The molecule has 0 unspecified atom stereocenters. The lowest BCUT2D eigenvalue weighted by molar-refractivity contribution is -0.127. The quantitative estimate of drug-likeness (QED) is 0.894. The first-order valence-corrected chi connectivity index (χ1v) is 8.23. The Morgan fingerprint density at radius 1 is 1.13 bits per heavy atom. The molecule has 3 rings (SSSR count). The van der Waals surface area contributed by atoms with E-state index in [-0.39, 0.29) is 24.3 Å². The standard InChI is InChI=1S/C18H17BrN2O2/c1-21-16(22)11-13(17(21)12-7-3-2-4-8-12)18(23)20-15-10-6-5-9-14(15)19/h2-10,13,17H,11H2,1H3,(H,20,23)/t13-,17+/m1/s1. The zero-order chi connectivity index (χ0) is 16.4. The Bertz CT molecular complexity index is 733. The van der Waals surface area contributed by atoms with E-state index in [9.17, 15) is 9.59 Å². The Labute approximate surface area is 143 Å². The van der Waals surface area contributed by atoms with Crippen LogP contribution in [-0.4, -0.2) is 23.8 Å². The average Bonchev–Trinajstić information content (AvgIpc) is 2.86. The van der Waals surface area contributed by atoms with Crippen LogP contribution in [0.2, 0.25) is 0 Å². The maximum Gasteiger partial charge on any atom is 0.230 e. The van der Waals surface area contributed by atoms with Gasteiger partial charge < -0.3 is 10.2 Å². The summed E-state index contributed by atoms with van der Waals surface area (Å²) in [6.45, 7) is 0. The van der Waals surface area contributed by atoms with Crippen molar-refractivity contribution < 1.29 is 9.59 Å². The van der Waals surface area contributed by atoms with Crippen LogP contribution in [0.5, 0.6) is 0 Å². The largest absolute Gasteiger partial charge is 0.338 e. The van der Waals surface area contributed by atoms with Crippen LogP contribution in [0.25, 0.3) is 0 Å². The summed E-state index contributed by atoms with van der Waals surface area (Å²) in [6.07, 6.45) is 0.229. The van der Waals surface area contributed by atoms with Crippen molar-refractivity contribution >= 4 is 33.4 Å². The van der Waals surface area contributed by atoms with Gasteiger partial charge in [-0.3, -0.25) is 9.59 Å². The van der Waals surface area contributed by atoms with Crippen LogP contribution in [0, 0.1) is 5.92 Å². The first kappa shape index (κ1) is 15.7. The fourth-order valence-corrected chi connectivity index (χ4v) is 3.38. The van der Waals surface area contributed by atoms with Gasteiger partial charge in [0.2, 0.25) is 11.8 Å². The number of anilines is 1. The number of amides is 2. The summed E-state index contributed by atoms with van der Waals surface area (Å²) in [4.78, 5) is 26.5. The monoisotopic (exact) mass is 372 g/mol. The molecule has 1 N–H and O–H groups in total. The second kappa shape index (κ2) is 6.54. The van der Waals surface area contributed by atoms with E-state index in [0.717, 1.165) is 10.0 Å². The van der Waals surface area contributed by atoms with Gasteiger partial charge in [0.1, 0.15) is 0 Å². The fourth-order valence-electron chi connectivity index (χ4n) is 3.00. The average molecular weight is 373 g/mol. The molecule has 23 heavy (non-hydrogen) atoms. The Morgan fingerprint density at radius 3 is 2.48 bits per heavy atom. The Morgan fingerprint density at radius 2 is 1.78 bits per heavy atom. The van der Waals surface area contributed by atoms with Gasteiger partial charge in [-0.15, -0.1) is 0 Å². The maximum atomic E-state index is 12.7. The third-order valence-electron chi connectivity index (χ3n) is 4.20. The van der Waals surface area contributed by atoms with Gasteiger partial charge in [0.25, 0.3) is 0 Å². The van der Waals surface area contributed by atoms with Crippen molar-refractivity contribution in [1.29, 1.82) is 0 Å². The number of halogens is 1. The summed E-state index contributed by atoms with van der Waals surface area (Å²) >= 11 is 3.43. The van der Waals surface area contributed by atoms with Crippen LogP contribution >= 0.6 is 15.9 Å². The third-order valence-corrected chi connectivity index (χ3v) is 4.89. The van der Waals surface area contributed by atoms with E-state index in [4.69, 9.17) is 0 Å². The van der Waals surface area contributed by atoms with Crippen LogP contribution in [0.1, 0.15) is 18.0 Å². The fraction of sp³-hybridized carbons (Fsp3) is 0.222. The van der Waals surface area contributed by atoms with E-state index in [0.29, 0.717) is 5.69 Å². The second-order valence-corrected chi connectivity index (χ2v) is 6.49. The summed E-state index contributed by atoms with van der Waals surface area (Å²) in [6, 6.07) is 16.9. The molecule has 0 spiro atoms. The molecule has 2 atom stereocenters. The lowest BCUT2D eigenvalue weighted by Gasteiger charge is -2.25. The zero-order valence-electron chi connectivity index (χ0n) is 12.7. The van der Waals surface area contributed by atoms with Gasteiger partial charge in [0, 0.05) is 17.9 Å². The Balaban J connectivity index is 1.86. The maximum absolute atomic E-state index is 12.7. The molecule has 1 fully saturated rings. The molecule has 0 aromatic heterocycles. The molecule has 1 aliphatic heterocycles. The van der Waals surface area contributed by atoms with E-state index in [1.807, 2.05) is 54.6 Å². The molecule has 0 bridgehead atoms. The summed E-state index contributed by atoms with van der Waals surface area (Å²) in [5, 5.41) is 2.93. The Kier molecular flexibility index (Phi) is 4.48. The minimum atomic E-state index is -0.401. The van der Waals surface area contributed by atoms with Crippen molar-refractivity contribution in [2.75, 3.05) is 12.4 Å². The van der Waals surface area contributed by atoms with Gasteiger partial charge >= 0.3 is 0 Å². The van der Waals surface area contributed by atoms with Gasteiger partial charge in [-0.05, 0) is 33.6 Å². The van der Waals surface area contributed by atoms with Crippen molar-refractivity contribution in [3.05, 3.63) is 64.6 Å². The lowest BCUT2D eigenvalue weighted by atomic mass is 9.93. The zero-order valence-corrected chi connectivity index (χ0v) is 14.3. The van der Waals surface area contributed by atoms with Crippen LogP contribution in [0.3, 0.4) is 0 Å². The van der Waals surface area contributed by atoms with Gasteiger partial charge in [0.15, 0.2) is 0 Å². The van der Waals surface area contributed by atoms with Gasteiger partial charge in [0.05, 0.1) is 17.6 Å². The van der Waals surface area contributed by atoms with Gasteiger partial charge in [-0.2, -0.15) is 0 Å². The minimum absolute atomic E-state index is 0.00821. The molecule has 0 saturated carbocycles. The molecule has 2 aromatic rings. The van der Waals surface area contributed by atoms with Gasteiger partial charge in [-0.25, -0.2) is 0 Å². The normalized spacial score (nSPS) is 20.6. The summed E-state index contributed by atoms with van der Waals surface area (Å²) in [5.41, 5.74) is 1.69. The van der Waals surface area contributed by atoms with Crippen LogP contribution in [0.4, 0.5) is 5.69 Å². The van der Waals surface area contributed by atoms with E-state index >= 15 is 0 Å². The number of nitrogens with zero attached hydrogens (tertiary/aromatic N) is 1. The molecular formula is C18H17BrN2O2. The van der Waals surface area contributed by atoms with Gasteiger partial charge in [-0.1, -0.05) is 42.5 Å². The second-order valence-electron chi connectivity index (χ2n) is 5.64. The summed E-state index contributed by atoms with van der Waals surface area (Å²) < 4.78 is 0.822. The molecule has 2 aromatic carbocycles. The number of benzene rings is 2. The Hall–Kier alpha value is -2.14. The number of hydrogen-bond acceptors (Lipinski definition) is 2. The number of para-hydroxylation sites is 1. The molecule has 1 saturated heterocycles. The highest BCUT2D eigenvalue weighted by Gasteiger charge is 2.42. The van der Waals surface area contributed by atoms with Crippen molar-refractivity contribution in [1.82, 2.24) is 4.90 Å². The molecule has 1 aliphatic rings. The van der Waals surface area contributed by atoms with E-state index < -0.39 is 5.92 Å². The summed E-state index contributed by atoms with van der Waals surface area (Å²) in [5.74, 6) is -0.545. The number of carbonyl (C=O) groups excluding carboxylic acids is 2. The number of likely N-dealkylation sites (tertiary alicyclic amines) is 1. The van der Waals surface area contributed by atoms with Crippen LogP contribution < -0.4 is 5.32 Å². The minimum Gasteiger partial charge on any atom is -0.338 e. The third kappa shape index (κ3) is 3.15. The lowest BCUT2D eigenvalue weighted by Crippen LogP contribution is -2.30. The molecule has 4 nitrogen and oxygen atoms in total. The van der Waals surface area contributed by atoms with E-state index in [1.165, 1.54) is 0 Å². The van der Waals surface area contributed by atoms with E-state index in [2.05, 4.69) is 21.2 Å². The van der Waals surface area contributed by atoms with Crippen molar-refractivity contribution in [3.63, 3.8) is 0 Å². The molecule has 2 amide bonds. The molecule has 1 heterocycles. The van der Waals surface area contributed by atoms with Crippen molar-refractivity contribution in [3.8, 4) is 0 Å². The first-order valence-electron chi connectivity index (χ1n) is 7.44. The highest BCUT2D eigenvalue weighted by Crippen LogP contribution is 2.37. The number of rotatable bonds is 3. The molecule has 5 heteroatoms.